The van der Waals surface area contributed by atoms with Crippen LogP contribution in [0.3, 0.4) is 0 Å². The van der Waals surface area contributed by atoms with Crippen LogP contribution in [0.25, 0.3) is 0 Å². The molecule has 146 valence electrons. The maximum absolute atomic E-state index is 13.1. The van der Waals surface area contributed by atoms with Crippen LogP contribution in [0.4, 0.5) is 9.18 Å². The number of carbonyl (C=O) groups is 3. The van der Waals surface area contributed by atoms with Crippen molar-refractivity contribution in [1.29, 1.82) is 0 Å². The third-order valence-electron chi connectivity index (χ3n) is 4.24. The molecule has 1 saturated heterocycles. The summed E-state index contributed by atoms with van der Waals surface area (Å²) in [5.41, 5.74) is 1.33. The van der Waals surface area contributed by atoms with Crippen LogP contribution in [-0.2, 0) is 15.1 Å². The van der Waals surface area contributed by atoms with Crippen LogP contribution >= 0.6 is 0 Å². The fraction of sp³-hybridized carbons (Fsp3) is 0.211. The molecule has 1 heterocycles. The van der Waals surface area contributed by atoms with E-state index >= 15 is 0 Å². The molecule has 3 rings (SSSR count). The van der Waals surface area contributed by atoms with E-state index in [1.807, 2.05) is 0 Å². The molecule has 8 nitrogen and oxygen atoms in total. The van der Waals surface area contributed by atoms with Gasteiger partial charge in [-0.3, -0.25) is 15.0 Å². The predicted octanol–water partition coefficient (Wildman–Crippen LogP) is 1.71. The van der Waals surface area contributed by atoms with Crippen molar-refractivity contribution >= 4 is 17.8 Å². The highest BCUT2D eigenvalue weighted by atomic mass is 19.1. The summed E-state index contributed by atoms with van der Waals surface area (Å²) in [6, 6.07) is 11.2. The third kappa shape index (κ3) is 3.73. The van der Waals surface area contributed by atoms with Crippen LogP contribution in [0.5, 0.6) is 11.5 Å². The summed E-state index contributed by atoms with van der Waals surface area (Å²) >= 11 is 0. The predicted molar refractivity (Wildman–Crippen MR) is 95.8 cm³/mol. The first-order valence-corrected chi connectivity index (χ1v) is 8.32. The molecule has 0 spiro atoms. The zero-order valence-electron chi connectivity index (χ0n) is 15.2. The monoisotopic (exact) mass is 387 g/mol. The van der Waals surface area contributed by atoms with E-state index in [9.17, 15) is 18.8 Å². The van der Waals surface area contributed by atoms with Crippen molar-refractivity contribution in [2.75, 3.05) is 13.7 Å². The molecule has 1 aliphatic rings. The minimum absolute atomic E-state index is 0.147. The van der Waals surface area contributed by atoms with Crippen molar-refractivity contribution in [3.63, 3.8) is 0 Å². The number of carbonyl (C=O) groups excluding carboxylic acids is 3. The Morgan fingerprint density at radius 1 is 1.18 bits per heavy atom. The van der Waals surface area contributed by atoms with Gasteiger partial charge in [0.2, 0.25) is 0 Å². The van der Waals surface area contributed by atoms with E-state index in [1.165, 1.54) is 32.2 Å². The SMILES string of the molecule is COc1cccc([C@]2(C)NC(=O)N(NC(=O)COc3cccc(F)c3)C2=O)c1. The van der Waals surface area contributed by atoms with Gasteiger partial charge in [-0.2, -0.15) is 5.01 Å². The number of nitrogens with zero attached hydrogens (tertiary/aromatic N) is 1. The van der Waals surface area contributed by atoms with Crippen molar-refractivity contribution in [2.24, 2.45) is 0 Å². The van der Waals surface area contributed by atoms with Crippen molar-refractivity contribution < 1.29 is 28.2 Å². The molecule has 2 aromatic rings. The van der Waals surface area contributed by atoms with Crippen molar-refractivity contribution in [1.82, 2.24) is 15.8 Å². The lowest BCUT2D eigenvalue weighted by Crippen LogP contribution is -2.49. The number of urea groups is 1. The first kappa shape index (κ1) is 19.2. The van der Waals surface area contributed by atoms with Gasteiger partial charge < -0.3 is 14.8 Å². The summed E-state index contributed by atoms with van der Waals surface area (Å²) in [6.45, 7) is 1.02. The average Bonchev–Trinajstić information content (AvgIpc) is 2.90. The van der Waals surface area contributed by atoms with E-state index in [0.29, 0.717) is 16.3 Å². The highest BCUT2D eigenvalue weighted by molar-refractivity contribution is 6.08. The van der Waals surface area contributed by atoms with Crippen LogP contribution in [0.2, 0.25) is 0 Å². The second-order valence-corrected chi connectivity index (χ2v) is 6.21. The molecule has 4 amide bonds. The number of imide groups is 1. The fourth-order valence-corrected chi connectivity index (χ4v) is 2.73. The minimum Gasteiger partial charge on any atom is -0.497 e. The Labute approximate surface area is 160 Å². The summed E-state index contributed by atoms with van der Waals surface area (Å²) in [5, 5.41) is 3.16. The Balaban J connectivity index is 1.68. The highest BCUT2D eigenvalue weighted by Gasteiger charge is 2.50. The van der Waals surface area contributed by atoms with Gasteiger partial charge in [0.25, 0.3) is 11.8 Å². The zero-order valence-corrected chi connectivity index (χ0v) is 15.2. The normalized spacial score (nSPS) is 18.6. The minimum atomic E-state index is -1.37. The zero-order chi connectivity index (χ0) is 20.3. The van der Waals surface area contributed by atoms with Crippen molar-refractivity contribution in [2.45, 2.75) is 12.5 Å². The average molecular weight is 387 g/mol. The van der Waals surface area contributed by atoms with E-state index < -0.39 is 35.8 Å². The maximum Gasteiger partial charge on any atom is 0.344 e. The summed E-state index contributed by atoms with van der Waals surface area (Å²) in [4.78, 5) is 37.1. The Morgan fingerprint density at radius 3 is 2.61 bits per heavy atom. The van der Waals surface area contributed by atoms with Crippen LogP contribution in [0, 0.1) is 5.82 Å². The molecule has 0 aromatic heterocycles. The molecule has 0 radical (unpaired) electrons. The highest BCUT2D eigenvalue weighted by Crippen LogP contribution is 2.30. The number of nitrogens with one attached hydrogen (secondary N) is 2. The van der Waals surface area contributed by atoms with Gasteiger partial charge >= 0.3 is 6.03 Å². The molecule has 1 fully saturated rings. The molecule has 28 heavy (non-hydrogen) atoms. The van der Waals surface area contributed by atoms with Crippen LogP contribution in [0.1, 0.15) is 12.5 Å². The van der Waals surface area contributed by atoms with Gasteiger partial charge in [0.05, 0.1) is 7.11 Å². The molecule has 0 aliphatic carbocycles. The lowest BCUT2D eigenvalue weighted by Gasteiger charge is -2.22. The Hall–Kier alpha value is -3.62. The Bertz CT molecular complexity index is 935. The molecular formula is C19H18FN3O5. The topological polar surface area (TPSA) is 97.0 Å². The molecule has 0 bridgehead atoms. The van der Waals surface area contributed by atoms with Gasteiger partial charge in [-0.25, -0.2) is 9.18 Å². The number of methoxy groups -OCH3 is 1. The van der Waals surface area contributed by atoms with Crippen molar-refractivity contribution in [3.8, 4) is 11.5 Å². The molecule has 1 atom stereocenters. The molecule has 2 N–H and O–H groups in total. The smallest absolute Gasteiger partial charge is 0.344 e. The van der Waals surface area contributed by atoms with E-state index in [0.717, 1.165) is 6.07 Å². The van der Waals surface area contributed by atoms with Gasteiger partial charge in [0.15, 0.2) is 6.61 Å². The van der Waals surface area contributed by atoms with Crippen LogP contribution < -0.4 is 20.2 Å². The second kappa shape index (κ2) is 7.55. The lowest BCUT2D eigenvalue weighted by molar-refractivity contribution is -0.139. The van der Waals surface area contributed by atoms with Crippen molar-refractivity contribution in [3.05, 3.63) is 59.9 Å². The third-order valence-corrected chi connectivity index (χ3v) is 4.24. The largest absolute Gasteiger partial charge is 0.497 e. The molecule has 9 heteroatoms. The number of ether oxygens (including phenoxy) is 2. The van der Waals surface area contributed by atoms with Crippen LogP contribution in [-0.4, -0.2) is 36.6 Å². The lowest BCUT2D eigenvalue weighted by atomic mass is 9.92. The van der Waals surface area contributed by atoms with E-state index in [-0.39, 0.29) is 5.75 Å². The van der Waals surface area contributed by atoms with Gasteiger partial charge in [0.1, 0.15) is 22.9 Å². The molecule has 0 saturated carbocycles. The molecule has 1 aliphatic heterocycles. The quantitative estimate of drug-likeness (QED) is 0.736. The first-order valence-electron chi connectivity index (χ1n) is 8.32. The van der Waals surface area contributed by atoms with Gasteiger partial charge in [-0.05, 0) is 36.8 Å². The summed E-state index contributed by atoms with van der Waals surface area (Å²) < 4.78 is 23.4. The molecular weight excluding hydrogens is 369 g/mol. The summed E-state index contributed by atoms with van der Waals surface area (Å²) in [7, 11) is 1.49. The number of hydrazine groups is 1. The first-order chi connectivity index (χ1) is 13.3. The standard InChI is InChI=1S/C19H18FN3O5/c1-19(12-5-3-7-14(9-12)27-2)17(25)23(18(26)21-19)22-16(24)11-28-15-8-4-6-13(20)10-15/h3-10H,11H2,1-2H3,(H,21,26)(H,22,24)/t19-/m0/s1. The number of hydrogen-bond donors (Lipinski definition) is 2. The summed E-state index contributed by atoms with van der Waals surface area (Å²) in [5.74, 6) is -1.26. The maximum atomic E-state index is 13.1. The number of rotatable bonds is 6. The van der Waals surface area contributed by atoms with Gasteiger partial charge in [0, 0.05) is 6.07 Å². The number of halogens is 1. The fourth-order valence-electron chi connectivity index (χ4n) is 2.73. The van der Waals surface area contributed by atoms with E-state index in [2.05, 4.69) is 10.7 Å². The number of amides is 4. The second-order valence-electron chi connectivity index (χ2n) is 6.21. The van der Waals surface area contributed by atoms with Gasteiger partial charge in [-0.1, -0.05) is 18.2 Å². The van der Waals surface area contributed by atoms with E-state index in [4.69, 9.17) is 9.47 Å². The Kier molecular flexibility index (Phi) is 5.16. The Morgan fingerprint density at radius 2 is 1.89 bits per heavy atom. The molecule has 0 unspecified atom stereocenters. The number of benzene rings is 2. The van der Waals surface area contributed by atoms with Crippen LogP contribution in [0.15, 0.2) is 48.5 Å². The molecule has 2 aromatic carbocycles. The number of hydrogen-bond acceptors (Lipinski definition) is 5. The van der Waals surface area contributed by atoms with E-state index in [1.54, 1.807) is 24.3 Å². The van der Waals surface area contributed by atoms with Gasteiger partial charge in [-0.15, -0.1) is 0 Å². The summed E-state index contributed by atoms with van der Waals surface area (Å²) in [6.07, 6.45) is 0.